The number of nitrogens with zero attached hydrogens (tertiary/aromatic N) is 2. The van der Waals surface area contributed by atoms with Gasteiger partial charge in [0.05, 0.1) is 11.4 Å². The molecule has 6 aromatic rings. The van der Waals surface area contributed by atoms with Crippen molar-refractivity contribution in [1.82, 2.24) is 0 Å². The van der Waals surface area contributed by atoms with Crippen molar-refractivity contribution in [2.45, 2.75) is 213 Å². The van der Waals surface area contributed by atoms with Gasteiger partial charge in [0, 0.05) is 23.2 Å². The molecule has 2 aliphatic rings. The number of fused-ring (bicyclic) bond motifs is 1. The zero-order chi connectivity index (χ0) is 58.9. The molecule has 8 rings (SSSR count). The van der Waals surface area contributed by atoms with Crippen molar-refractivity contribution in [1.29, 1.82) is 0 Å². The zero-order valence-corrected chi connectivity index (χ0v) is 54.0. The molecule has 2 nitrogen and oxygen atoms in total. The summed E-state index contributed by atoms with van der Waals surface area (Å²) in [5.74, 6) is 1.56. The molecule has 0 aliphatic heterocycles. The number of hydrogen-bond acceptors (Lipinski definition) is 2. The highest BCUT2D eigenvalue weighted by Crippen LogP contribution is 2.56. The van der Waals surface area contributed by atoms with Crippen LogP contribution in [0.5, 0.6) is 0 Å². The van der Waals surface area contributed by atoms with Crippen LogP contribution in [0.3, 0.4) is 0 Å². The minimum absolute atomic E-state index is 0.0199. The van der Waals surface area contributed by atoms with Gasteiger partial charge in [-0.25, -0.2) is 0 Å². The Morgan fingerprint density at radius 3 is 1.94 bits per heavy atom. The maximum Gasteiger partial charge on any atom is 0.0711 e. The van der Waals surface area contributed by atoms with Gasteiger partial charge in [0.25, 0.3) is 0 Å². The normalized spacial score (nSPS) is 16.4. The van der Waals surface area contributed by atoms with Gasteiger partial charge in [0.1, 0.15) is 0 Å². The van der Waals surface area contributed by atoms with Crippen LogP contribution >= 0.6 is 0 Å². The molecule has 0 N–H and O–H groups in total. The maximum atomic E-state index is 5.89. The van der Waals surface area contributed by atoms with Gasteiger partial charge in [-0.05, 0) is 244 Å². The average molecular weight is 1080 g/mol. The van der Waals surface area contributed by atoms with E-state index in [9.17, 15) is 0 Å². The number of hydrogen-bond donors (Lipinski definition) is 0. The molecular weight excluding hydrogens is 977 g/mol. The summed E-state index contributed by atoms with van der Waals surface area (Å²) in [6.45, 7) is 50.3. The lowest BCUT2D eigenvalue weighted by Gasteiger charge is -2.41. The first-order valence-electron chi connectivity index (χ1n) is 31.4. The Kier molecular flexibility index (Phi) is 18.4. The molecule has 1 unspecified atom stereocenters. The van der Waals surface area contributed by atoms with E-state index in [1.165, 1.54) is 112 Å². The van der Waals surface area contributed by atoms with Crippen molar-refractivity contribution in [2.24, 2.45) is 27.7 Å². The predicted molar refractivity (Wildman–Crippen MR) is 359 cm³/mol. The average Bonchev–Trinajstić information content (AvgIpc) is 4.45. The fourth-order valence-corrected chi connectivity index (χ4v) is 13.8. The van der Waals surface area contributed by atoms with E-state index in [0.29, 0.717) is 17.8 Å². The standard InChI is InChI=1S/C79H102N2/c1-21-29-66-69(79(19,20)42-41-78(66,17)18)50-80-70-37-36-64(65-48-67(54(8)44-53(65)7)77(15,16)40-38-51(4)5)74(60-34-35-60)75(70)73-58(12)72(47-61-32-27-28-33-63(61)73)81(71-49-68(55(9)45-56(71)10)76(13,14)39-22-2)57(11)46-62(43-52(6)23-3)59-30-25-24-26-31-59/h21,24-33,36-37,44-52,60H,11,22-23,34-35,38-43H2,1-10,12-20H3/b29-21-,62-46+,80-50?. The van der Waals surface area contributed by atoms with Crippen LogP contribution in [0.15, 0.2) is 144 Å². The highest BCUT2D eigenvalue weighted by Gasteiger charge is 2.39. The molecule has 0 aromatic heterocycles. The molecule has 81 heavy (non-hydrogen) atoms. The van der Waals surface area contributed by atoms with Crippen LogP contribution in [0.4, 0.5) is 17.1 Å². The van der Waals surface area contributed by atoms with Crippen LogP contribution in [-0.2, 0) is 10.8 Å². The molecule has 1 saturated carbocycles. The molecule has 1 atom stereocenters. The lowest BCUT2D eigenvalue weighted by Crippen LogP contribution is -2.31. The Morgan fingerprint density at radius 2 is 1.31 bits per heavy atom. The van der Waals surface area contributed by atoms with Crippen molar-refractivity contribution < 1.29 is 0 Å². The molecule has 0 spiro atoms. The van der Waals surface area contributed by atoms with Crippen LogP contribution in [0.1, 0.15) is 217 Å². The van der Waals surface area contributed by atoms with E-state index in [1.807, 2.05) is 0 Å². The van der Waals surface area contributed by atoms with E-state index in [1.54, 1.807) is 0 Å². The SMILES string of the molecule is C=C(/C=C(\CC(C)CC)c1ccccc1)N(c1cc(C(C)(C)CCC)c(C)cc1C)c1cc2ccccc2c(-c2c(N=CC3=C(/C=C\C)C(C)(C)CCC3(C)C)ccc(-c3cc(C(C)(C)CCC(C)C)c(C)cc3C)c2C2CC2)c1C. The molecule has 0 heterocycles. The summed E-state index contributed by atoms with van der Waals surface area (Å²) in [4.78, 5) is 8.43. The molecule has 6 aromatic carbocycles. The van der Waals surface area contributed by atoms with E-state index < -0.39 is 0 Å². The van der Waals surface area contributed by atoms with Crippen molar-refractivity contribution >= 4 is 39.6 Å². The molecule has 428 valence electrons. The number of aliphatic imine (C=N–C) groups is 1. The second-order valence-electron chi connectivity index (χ2n) is 28.1. The highest BCUT2D eigenvalue weighted by atomic mass is 15.2. The molecule has 0 radical (unpaired) electrons. The van der Waals surface area contributed by atoms with E-state index in [-0.39, 0.29) is 21.7 Å². The molecule has 0 amide bonds. The van der Waals surface area contributed by atoms with Gasteiger partial charge in [0.2, 0.25) is 0 Å². The first-order valence-corrected chi connectivity index (χ1v) is 31.4. The van der Waals surface area contributed by atoms with Crippen molar-refractivity contribution in [3.8, 4) is 22.3 Å². The minimum Gasteiger partial charge on any atom is -0.311 e. The van der Waals surface area contributed by atoms with Gasteiger partial charge in [-0.1, -0.05) is 207 Å². The fourth-order valence-electron chi connectivity index (χ4n) is 13.8. The third-order valence-corrected chi connectivity index (χ3v) is 19.1. The van der Waals surface area contributed by atoms with Gasteiger partial charge < -0.3 is 4.90 Å². The summed E-state index contributed by atoms with van der Waals surface area (Å²) in [7, 11) is 0. The van der Waals surface area contributed by atoms with Crippen molar-refractivity contribution in [3.05, 3.63) is 189 Å². The monoisotopic (exact) mass is 1080 g/mol. The molecule has 2 heteroatoms. The molecule has 2 aliphatic carbocycles. The van der Waals surface area contributed by atoms with Gasteiger partial charge in [-0.2, -0.15) is 0 Å². The topological polar surface area (TPSA) is 15.6 Å². The summed E-state index contributed by atoms with van der Waals surface area (Å²) in [6, 6.07) is 37.6. The zero-order valence-electron chi connectivity index (χ0n) is 54.0. The summed E-state index contributed by atoms with van der Waals surface area (Å²) in [5, 5.41) is 2.47. The van der Waals surface area contributed by atoms with Crippen LogP contribution in [0.25, 0.3) is 38.6 Å². The fraction of sp³-hybridized carbons (Fsp3) is 0.456. The lowest BCUT2D eigenvalue weighted by molar-refractivity contribution is 0.277. The number of aryl methyl sites for hydroxylation is 4. The first-order chi connectivity index (χ1) is 38.2. The van der Waals surface area contributed by atoms with Gasteiger partial charge in [-0.3, -0.25) is 4.99 Å². The van der Waals surface area contributed by atoms with Gasteiger partial charge in [0.15, 0.2) is 0 Å². The molecular formula is C79H102N2. The smallest absolute Gasteiger partial charge is 0.0711 e. The number of allylic oxidation sites excluding steroid dienone is 6. The molecule has 0 saturated heterocycles. The Morgan fingerprint density at radius 1 is 0.691 bits per heavy atom. The Balaban J connectivity index is 1.52. The molecule has 1 fully saturated rings. The first kappa shape index (κ1) is 61.1. The van der Waals surface area contributed by atoms with E-state index >= 15 is 0 Å². The third-order valence-electron chi connectivity index (χ3n) is 19.1. The van der Waals surface area contributed by atoms with E-state index in [2.05, 4.69) is 258 Å². The number of benzene rings is 6. The predicted octanol–water partition coefficient (Wildman–Crippen LogP) is 24.0. The van der Waals surface area contributed by atoms with Gasteiger partial charge >= 0.3 is 0 Å². The summed E-state index contributed by atoms with van der Waals surface area (Å²) >= 11 is 0. The van der Waals surface area contributed by atoms with Crippen molar-refractivity contribution in [2.75, 3.05) is 4.90 Å². The van der Waals surface area contributed by atoms with E-state index in [0.717, 1.165) is 74.9 Å². The van der Waals surface area contributed by atoms with Crippen LogP contribution in [-0.4, -0.2) is 6.21 Å². The molecule has 0 bridgehead atoms. The summed E-state index contributed by atoms with van der Waals surface area (Å²) < 4.78 is 0. The Bertz CT molecular complexity index is 3410. The summed E-state index contributed by atoms with van der Waals surface area (Å²) in [5.41, 5.74) is 25.8. The maximum absolute atomic E-state index is 5.89. The quantitative estimate of drug-likeness (QED) is 0.0518. The highest BCUT2D eigenvalue weighted by molar-refractivity contribution is 6.07. The third kappa shape index (κ3) is 13.0. The second kappa shape index (κ2) is 24.5. The van der Waals surface area contributed by atoms with Crippen LogP contribution in [0.2, 0.25) is 0 Å². The van der Waals surface area contributed by atoms with Crippen LogP contribution in [0, 0.1) is 57.3 Å². The van der Waals surface area contributed by atoms with Crippen LogP contribution < -0.4 is 4.90 Å². The lowest BCUT2D eigenvalue weighted by atomic mass is 9.63. The van der Waals surface area contributed by atoms with Gasteiger partial charge in [-0.15, -0.1) is 0 Å². The Labute approximate surface area is 493 Å². The van der Waals surface area contributed by atoms with Crippen molar-refractivity contribution in [3.63, 3.8) is 0 Å². The second-order valence-corrected chi connectivity index (χ2v) is 28.1. The summed E-state index contributed by atoms with van der Waals surface area (Å²) in [6.07, 6.45) is 20.5. The Hall–Kier alpha value is -5.99. The number of rotatable bonds is 21. The minimum atomic E-state index is -0.0358. The number of anilines is 2. The largest absolute Gasteiger partial charge is 0.311 e. The van der Waals surface area contributed by atoms with E-state index in [4.69, 9.17) is 11.6 Å².